The number of aliphatic hydroxyl groups excluding tert-OH is 1. The van der Waals surface area contributed by atoms with Crippen LogP contribution in [0.3, 0.4) is 0 Å². The lowest BCUT2D eigenvalue weighted by atomic mass is 10.0. The Bertz CT molecular complexity index is 445. The Labute approximate surface area is 107 Å². The second kappa shape index (κ2) is 5.93. The normalized spacial score (nSPS) is 12.0. The van der Waals surface area contributed by atoms with Crippen molar-refractivity contribution in [2.45, 2.75) is 12.5 Å². The Morgan fingerprint density at radius 2 is 2.29 bits per heavy atom. The molecule has 1 N–H and O–H groups in total. The molecular formula is C12H12BrFO3. The van der Waals surface area contributed by atoms with Crippen LogP contribution in [0.1, 0.15) is 18.1 Å². The minimum atomic E-state index is -1.01. The molecule has 0 saturated carbocycles. The molecule has 1 aromatic carbocycles. The van der Waals surface area contributed by atoms with E-state index in [9.17, 15) is 14.3 Å². The van der Waals surface area contributed by atoms with Gasteiger partial charge in [0.05, 0.1) is 13.2 Å². The van der Waals surface area contributed by atoms with E-state index in [0.717, 1.165) is 0 Å². The molecule has 0 fully saturated rings. The van der Waals surface area contributed by atoms with Crippen molar-refractivity contribution >= 4 is 21.9 Å². The predicted molar refractivity (Wildman–Crippen MR) is 64.8 cm³/mol. The van der Waals surface area contributed by atoms with Crippen LogP contribution in [-0.4, -0.2) is 18.2 Å². The van der Waals surface area contributed by atoms with Crippen LogP contribution in [0.25, 0.3) is 0 Å². The van der Waals surface area contributed by atoms with Gasteiger partial charge in [-0.3, -0.25) is 0 Å². The topological polar surface area (TPSA) is 46.5 Å². The summed E-state index contributed by atoms with van der Waals surface area (Å²) in [5.41, 5.74) is 0.506. The SMILES string of the molecule is C=C(CC(O)c1cc(F)ccc1Br)C(=O)OC. The van der Waals surface area contributed by atoms with Crippen molar-refractivity contribution in [3.8, 4) is 0 Å². The molecular weight excluding hydrogens is 291 g/mol. The van der Waals surface area contributed by atoms with Crippen LogP contribution in [0.2, 0.25) is 0 Å². The molecule has 0 aliphatic rings. The van der Waals surface area contributed by atoms with Crippen LogP contribution in [0.15, 0.2) is 34.8 Å². The maximum absolute atomic E-state index is 13.0. The highest BCUT2D eigenvalue weighted by Crippen LogP contribution is 2.28. The predicted octanol–water partition coefficient (Wildman–Crippen LogP) is 2.74. The first-order valence-electron chi connectivity index (χ1n) is 4.84. The molecule has 0 spiro atoms. The standard InChI is InChI=1S/C12H12BrFO3/c1-7(12(16)17-2)5-11(15)9-6-8(14)3-4-10(9)13/h3-4,6,11,15H,1,5H2,2H3. The van der Waals surface area contributed by atoms with Crippen molar-refractivity contribution in [3.05, 3.63) is 46.2 Å². The summed E-state index contributed by atoms with van der Waals surface area (Å²) in [5, 5.41) is 9.88. The number of esters is 1. The van der Waals surface area contributed by atoms with Gasteiger partial charge in [-0.1, -0.05) is 22.5 Å². The highest BCUT2D eigenvalue weighted by Gasteiger charge is 2.17. The van der Waals surface area contributed by atoms with Crippen molar-refractivity contribution in [2.24, 2.45) is 0 Å². The van der Waals surface area contributed by atoms with Gasteiger partial charge in [-0.25, -0.2) is 9.18 Å². The number of methoxy groups -OCH3 is 1. The molecule has 0 aliphatic carbocycles. The number of aliphatic hydroxyl groups is 1. The molecule has 1 atom stereocenters. The lowest BCUT2D eigenvalue weighted by Gasteiger charge is -2.13. The zero-order valence-corrected chi connectivity index (χ0v) is 10.8. The maximum atomic E-state index is 13.0. The van der Waals surface area contributed by atoms with Crippen LogP contribution < -0.4 is 0 Å². The minimum absolute atomic E-state index is 0.00523. The second-order valence-electron chi connectivity index (χ2n) is 3.48. The summed E-state index contributed by atoms with van der Waals surface area (Å²) in [7, 11) is 1.23. The van der Waals surface area contributed by atoms with Gasteiger partial charge in [-0.05, 0) is 23.8 Å². The third-order valence-electron chi connectivity index (χ3n) is 2.23. The van der Waals surface area contributed by atoms with E-state index in [4.69, 9.17) is 0 Å². The molecule has 0 aliphatic heterocycles. The van der Waals surface area contributed by atoms with E-state index in [1.165, 1.54) is 25.3 Å². The molecule has 1 aromatic rings. The summed E-state index contributed by atoms with van der Waals surface area (Å²) in [6.07, 6.45) is -1.01. The second-order valence-corrected chi connectivity index (χ2v) is 4.34. The molecule has 0 amide bonds. The fourth-order valence-corrected chi connectivity index (χ4v) is 1.85. The van der Waals surface area contributed by atoms with Gasteiger partial charge >= 0.3 is 5.97 Å². The van der Waals surface area contributed by atoms with Crippen molar-refractivity contribution in [1.29, 1.82) is 0 Å². The number of ether oxygens (including phenoxy) is 1. The van der Waals surface area contributed by atoms with Gasteiger partial charge in [-0.15, -0.1) is 0 Å². The summed E-state index contributed by atoms with van der Waals surface area (Å²) in [4.78, 5) is 11.1. The Balaban J connectivity index is 2.83. The summed E-state index contributed by atoms with van der Waals surface area (Å²) in [6.45, 7) is 3.50. The van der Waals surface area contributed by atoms with Crippen LogP contribution in [0.4, 0.5) is 4.39 Å². The Morgan fingerprint density at radius 1 is 1.65 bits per heavy atom. The monoisotopic (exact) mass is 302 g/mol. The van der Waals surface area contributed by atoms with Gasteiger partial charge < -0.3 is 9.84 Å². The summed E-state index contributed by atoms with van der Waals surface area (Å²) >= 11 is 3.20. The number of hydrogen-bond acceptors (Lipinski definition) is 3. The largest absolute Gasteiger partial charge is 0.466 e. The third kappa shape index (κ3) is 3.64. The van der Waals surface area contributed by atoms with E-state index in [-0.39, 0.29) is 12.0 Å². The first-order chi connectivity index (χ1) is 7.95. The Kier molecular flexibility index (Phi) is 4.84. The zero-order chi connectivity index (χ0) is 13.0. The first kappa shape index (κ1) is 13.9. The maximum Gasteiger partial charge on any atom is 0.333 e. The molecule has 0 radical (unpaired) electrons. The van der Waals surface area contributed by atoms with E-state index >= 15 is 0 Å². The third-order valence-corrected chi connectivity index (χ3v) is 2.95. The quantitative estimate of drug-likeness (QED) is 0.687. The van der Waals surface area contributed by atoms with Crippen LogP contribution in [0, 0.1) is 5.82 Å². The summed E-state index contributed by atoms with van der Waals surface area (Å²) < 4.78 is 18.1. The van der Waals surface area contributed by atoms with E-state index in [2.05, 4.69) is 27.2 Å². The Morgan fingerprint density at radius 3 is 2.88 bits per heavy atom. The summed E-state index contributed by atoms with van der Waals surface area (Å²) in [5.74, 6) is -1.04. The van der Waals surface area contributed by atoms with E-state index in [0.29, 0.717) is 10.0 Å². The number of benzene rings is 1. The molecule has 17 heavy (non-hydrogen) atoms. The molecule has 0 heterocycles. The van der Waals surface area contributed by atoms with Crippen LogP contribution >= 0.6 is 15.9 Å². The average molecular weight is 303 g/mol. The molecule has 1 unspecified atom stereocenters. The number of halogens is 2. The van der Waals surface area contributed by atoms with Crippen molar-refractivity contribution < 1.29 is 19.0 Å². The smallest absolute Gasteiger partial charge is 0.333 e. The van der Waals surface area contributed by atoms with Crippen molar-refractivity contribution in [1.82, 2.24) is 0 Å². The van der Waals surface area contributed by atoms with Gasteiger partial charge in [0.1, 0.15) is 5.82 Å². The van der Waals surface area contributed by atoms with Gasteiger partial charge in [0.2, 0.25) is 0 Å². The molecule has 0 aromatic heterocycles. The molecule has 1 rings (SSSR count). The molecule has 5 heteroatoms. The molecule has 3 nitrogen and oxygen atoms in total. The fourth-order valence-electron chi connectivity index (χ4n) is 1.34. The number of carbonyl (C=O) groups excluding carboxylic acids is 1. The lowest BCUT2D eigenvalue weighted by Crippen LogP contribution is -2.08. The minimum Gasteiger partial charge on any atom is -0.466 e. The van der Waals surface area contributed by atoms with Gasteiger partial charge in [0.15, 0.2) is 0 Å². The number of rotatable bonds is 4. The highest BCUT2D eigenvalue weighted by molar-refractivity contribution is 9.10. The number of hydrogen-bond donors (Lipinski definition) is 1. The van der Waals surface area contributed by atoms with Crippen molar-refractivity contribution in [3.63, 3.8) is 0 Å². The van der Waals surface area contributed by atoms with Gasteiger partial charge in [0, 0.05) is 16.5 Å². The van der Waals surface area contributed by atoms with E-state index < -0.39 is 17.9 Å². The van der Waals surface area contributed by atoms with Gasteiger partial charge in [0.25, 0.3) is 0 Å². The van der Waals surface area contributed by atoms with Crippen molar-refractivity contribution in [2.75, 3.05) is 7.11 Å². The highest BCUT2D eigenvalue weighted by atomic mass is 79.9. The summed E-state index contributed by atoms with van der Waals surface area (Å²) in [6, 6.07) is 3.98. The first-order valence-corrected chi connectivity index (χ1v) is 5.64. The average Bonchev–Trinajstić information content (AvgIpc) is 2.30. The molecule has 0 saturated heterocycles. The molecule has 92 valence electrons. The fraction of sp³-hybridized carbons (Fsp3) is 0.250. The van der Waals surface area contributed by atoms with E-state index in [1.807, 2.05) is 0 Å². The Hall–Kier alpha value is -1.20. The zero-order valence-electron chi connectivity index (χ0n) is 9.24. The van der Waals surface area contributed by atoms with E-state index in [1.54, 1.807) is 0 Å². The number of carbonyl (C=O) groups is 1. The molecule has 0 bridgehead atoms. The lowest BCUT2D eigenvalue weighted by molar-refractivity contribution is -0.136. The van der Waals surface area contributed by atoms with Crippen LogP contribution in [-0.2, 0) is 9.53 Å². The van der Waals surface area contributed by atoms with Crippen LogP contribution in [0.5, 0.6) is 0 Å². The van der Waals surface area contributed by atoms with Gasteiger partial charge in [-0.2, -0.15) is 0 Å².